The third-order valence-corrected chi connectivity index (χ3v) is 4.15. The molecule has 0 radical (unpaired) electrons. The van der Waals surface area contributed by atoms with Gasteiger partial charge in [0.25, 0.3) is 0 Å². The van der Waals surface area contributed by atoms with Crippen LogP contribution >= 0.6 is 15.9 Å². The summed E-state index contributed by atoms with van der Waals surface area (Å²) < 4.78 is 25.2. The molecule has 1 aromatic rings. The van der Waals surface area contributed by atoms with Crippen LogP contribution in [-0.2, 0) is 19.6 Å². The zero-order chi connectivity index (χ0) is 14.6. The fourth-order valence-corrected chi connectivity index (χ4v) is 3.10. The number of carboxylic acids is 1. The minimum atomic E-state index is -4.15. The van der Waals surface area contributed by atoms with Gasteiger partial charge in [-0.2, -0.15) is 4.31 Å². The Hall–Kier alpha value is -1.52. The van der Waals surface area contributed by atoms with Crippen molar-refractivity contribution in [2.24, 2.45) is 5.73 Å². The van der Waals surface area contributed by atoms with Crippen LogP contribution in [0.15, 0.2) is 27.8 Å². The van der Waals surface area contributed by atoms with E-state index >= 15 is 0 Å². The first kappa shape index (κ1) is 15.5. The topological polar surface area (TPSA) is 131 Å². The molecule has 1 heterocycles. The largest absolute Gasteiger partial charge is 0.480 e. The minimum Gasteiger partial charge on any atom is -0.480 e. The van der Waals surface area contributed by atoms with Crippen molar-refractivity contribution >= 4 is 37.8 Å². The average Bonchev–Trinajstić information content (AvgIpc) is 2.26. The highest BCUT2D eigenvalue weighted by Gasteiger charge is 2.28. The number of carboxylic acid groups (broad SMARTS) is 1. The van der Waals surface area contributed by atoms with Crippen LogP contribution in [0.25, 0.3) is 0 Å². The summed E-state index contributed by atoms with van der Waals surface area (Å²) in [5, 5.41) is 8.68. The second-order valence-corrected chi connectivity index (χ2v) is 6.33. The van der Waals surface area contributed by atoms with E-state index < -0.39 is 35.0 Å². The van der Waals surface area contributed by atoms with Crippen molar-refractivity contribution in [2.75, 3.05) is 13.1 Å². The van der Waals surface area contributed by atoms with Crippen LogP contribution in [0.4, 0.5) is 0 Å². The number of carbonyl (C=O) groups excluding carboxylic acids is 1. The van der Waals surface area contributed by atoms with Gasteiger partial charge in [-0.05, 0) is 22.0 Å². The van der Waals surface area contributed by atoms with Crippen LogP contribution in [0, 0.1) is 0 Å². The van der Waals surface area contributed by atoms with Crippen molar-refractivity contribution in [1.29, 1.82) is 0 Å². The van der Waals surface area contributed by atoms with E-state index in [1.807, 2.05) is 0 Å². The third kappa shape index (κ3) is 4.26. The van der Waals surface area contributed by atoms with Gasteiger partial charge in [0, 0.05) is 16.9 Å². The number of halogens is 1. The molecule has 3 N–H and O–H groups in total. The number of amides is 1. The number of rotatable bonds is 6. The number of carbonyl (C=O) groups is 2. The van der Waals surface area contributed by atoms with Gasteiger partial charge in [-0.3, -0.25) is 14.6 Å². The molecule has 0 fully saturated rings. The number of aromatic nitrogens is 1. The van der Waals surface area contributed by atoms with Crippen molar-refractivity contribution in [3.63, 3.8) is 0 Å². The van der Waals surface area contributed by atoms with Crippen molar-refractivity contribution < 1.29 is 23.1 Å². The van der Waals surface area contributed by atoms with Gasteiger partial charge in [-0.1, -0.05) is 0 Å². The highest BCUT2D eigenvalue weighted by molar-refractivity contribution is 9.10. The van der Waals surface area contributed by atoms with Crippen LogP contribution < -0.4 is 5.73 Å². The van der Waals surface area contributed by atoms with Crippen LogP contribution in [-0.4, -0.2) is 47.8 Å². The predicted octanol–water partition coefficient (Wildman–Crippen LogP) is -0.595. The number of aliphatic carboxylic acids is 1. The molecule has 104 valence electrons. The van der Waals surface area contributed by atoms with Gasteiger partial charge < -0.3 is 10.8 Å². The quantitative estimate of drug-likeness (QED) is 0.703. The molecule has 0 aromatic carbocycles. The summed E-state index contributed by atoms with van der Waals surface area (Å²) in [7, 11) is -4.15. The Kier molecular flexibility index (Phi) is 4.97. The lowest BCUT2D eigenvalue weighted by atomic mass is 10.5. The average molecular weight is 352 g/mol. The smallest absolute Gasteiger partial charge is 0.318 e. The van der Waals surface area contributed by atoms with E-state index in [4.69, 9.17) is 10.8 Å². The van der Waals surface area contributed by atoms with E-state index in [1.165, 1.54) is 12.3 Å². The first-order valence-corrected chi connectivity index (χ1v) is 7.07. The van der Waals surface area contributed by atoms with Crippen LogP contribution in [0.2, 0.25) is 0 Å². The summed E-state index contributed by atoms with van der Waals surface area (Å²) in [5.41, 5.74) is 4.91. The summed E-state index contributed by atoms with van der Waals surface area (Å²) in [6, 6.07) is 1.25. The maximum Gasteiger partial charge on any atom is 0.318 e. The van der Waals surface area contributed by atoms with Crippen molar-refractivity contribution in [2.45, 2.75) is 4.90 Å². The standard InChI is InChI=1S/C9H10BrN3O5S/c10-6-1-7(3-12-2-6)19(17,18)13(4-8(11)14)5-9(15)16/h1-3H,4-5H2,(H2,11,14)(H,15,16). The highest BCUT2D eigenvalue weighted by atomic mass is 79.9. The fourth-order valence-electron chi connectivity index (χ4n) is 1.23. The number of nitrogens with zero attached hydrogens (tertiary/aromatic N) is 2. The van der Waals surface area contributed by atoms with E-state index in [2.05, 4.69) is 20.9 Å². The van der Waals surface area contributed by atoms with Crippen LogP contribution in [0.3, 0.4) is 0 Å². The minimum absolute atomic E-state index is 0.232. The maximum atomic E-state index is 12.1. The molecular formula is C9H10BrN3O5S. The van der Waals surface area contributed by atoms with Gasteiger partial charge in [0.05, 0.1) is 6.54 Å². The summed E-state index contributed by atoms with van der Waals surface area (Å²) in [4.78, 5) is 24.9. The van der Waals surface area contributed by atoms with Crippen LogP contribution in [0.5, 0.6) is 0 Å². The molecule has 0 unspecified atom stereocenters. The number of pyridine rings is 1. The third-order valence-electron chi connectivity index (χ3n) is 1.96. The number of nitrogens with two attached hydrogens (primary N) is 1. The molecule has 10 heteroatoms. The lowest BCUT2D eigenvalue weighted by Gasteiger charge is -2.18. The Labute approximate surface area is 117 Å². The molecule has 0 saturated heterocycles. The van der Waals surface area contributed by atoms with E-state index in [0.29, 0.717) is 8.78 Å². The SMILES string of the molecule is NC(=O)CN(CC(=O)O)S(=O)(=O)c1cncc(Br)c1. The molecule has 1 aromatic heterocycles. The van der Waals surface area contributed by atoms with Gasteiger partial charge >= 0.3 is 5.97 Å². The molecular weight excluding hydrogens is 342 g/mol. The lowest BCUT2D eigenvalue weighted by Crippen LogP contribution is -2.41. The summed E-state index contributed by atoms with van der Waals surface area (Å²) >= 11 is 3.05. The Balaban J connectivity index is 3.18. The van der Waals surface area contributed by atoms with E-state index in [-0.39, 0.29) is 4.90 Å². The lowest BCUT2D eigenvalue weighted by molar-refractivity contribution is -0.137. The molecule has 0 aliphatic carbocycles. The zero-order valence-electron chi connectivity index (χ0n) is 9.48. The Morgan fingerprint density at radius 3 is 2.47 bits per heavy atom. The molecule has 0 aliphatic heterocycles. The monoisotopic (exact) mass is 351 g/mol. The fraction of sp³-hybridized carbons (Fsp3) is 0.222. The van der Waals surface area contributed by atoms with Gasteiger partial charge in [0.1, 0.15) is 11.4 Å². The van der Waals surface area contributed by atoms with E-state index in [0.717, 1.165) is 6.20 Å². The van der Waals surface area contributed by atoms with Gasteiger partial charge in [0.15, 0.2) is 0 Å². The Morgan fingerprint density at radius 2 is 2.00 bits per heavy atom. The van der Waals surface area contributed by atoms with Crippen molar-refractivity contribution in [3.05, 3.63) is 22.9 Å². The molecule has 1 rings (SSSR count). The first-order chi connectivity index (χ1) is 8.73. The molecule has 19 heavy (non-hydrogen) atoms. The summed E-state index contributed by atoms with van der Waals surface area (Å²) in [6.07, 6.45) is 2.42. The normalized spacial score (nSPS) is 11.5. The molecule has 0 spiro atoms. The molecule has 8 nitrogen and oxygen atoms in total. The van der Waals surface area contributed by atoms with Gasteiger partial charge in [-0.15, -0.1) is 0 Å². The first-order valence-electron chi connectivity index (χ1n) is 4.84. The highest BCUT2D eigenvalue weighted by Crippen LogP contribution is 2.18. The van der Waals surface area contributed by atoms with Gasteiger partial charge in [0.2, 0.25) is 15.9 Å². The number of hydrogen-bond donors (Lipinski definition) is 2. The second kappa shape index (κ2) is 6.08. The van der Waals surface area contributed by atoms with E-state index in [1.54, 1.807) is 0 Å². The number of primary amides is 1. The van der Waals surface area contributed by atoms with Crippen molar-refractivity contribution in [3.8, 4) is 0 Å². The Bertz CT molecular complexity index is 588. The molecule has 0 bridgehead atoms. The summed E-state index contributed by atoms with van der Waals surface area (Å²) in [6.45, 7) is -1.58. The van der Waals surface area contributed by atoms with Crippen molar-refractivity contribution in [1.82, 2.24) is 9.29 Å². The van der Waals surface area contributed by atoms with E-state index in [9.17, 15) is 18.0 Å². The molecule has 0 aliphatic rings. The van der Waals surface area contributed by atoms with Gasteiger partial charge in [-0.25, -0.2) is 8.42 Å². The number of hydrogen-bond acceptors (Lipinski definition) is 5. The molecule has 0 saturated carbocycles. The number of sulfonamides is 1. The molecule has 0 atom stereocenters. The summed E-state index contributed by atoms with van der Waals surface area (Å²) in [5.74, 6) is -2.35. The molecule has 1 amide bonds. The zero-order valence-corrected chi connectivity index (χ0v) is 11.9. The van der Waals surface area contributed by atoms with Crippen LogP contribution in [0.1, 0.15) is 0 Å². The maximum absolute atomic E-state index is 12.1. The Morgan fingerprint density at radius 1 is 1.37 bits per heavy atom. The predicted molar refractivity (Wildman–Crippen MR) is 67.5 cm³/mol. The second-order valence-electron chi connectivity index (χ2n) is 3.47.